The molecule has 1 aliphatic heterocycles. The molecule has 3 rings (SSSR count). The van der Waals surface area contributed by atoms with Gasteiger partial charge in [-0.05, 0) is 18.9 Å². The maximum atomic E-state index is 13.6. The standard InChI is InChI=1S/C15H19FN4O/c16-14-4-2-1-3-13(14)15(21)11-19-8-5-12(6-9-19)20-10-7-17-18-20/h1-4,7,10,12,15,21H,5-6,8-9,11H2/t15-/m1/s1. The van der Waals surface area contributed by atoms with Gasteiger partial charge in [0, 0.05) is 31.4 Å². The van der Waals surface area contributed by atoms with Gasteiger partial charge in [0.25, 0.3) is 0 Å². The molecule has 2 aromatic rings. The first kappa shape index (κ1) is 14.2. The van der Waals surface area contributed by atoms with Crippen molar-refractivity contribution in [1.82, 2.24) is 19.9 Å². The second kappa shape index (κ2) is 6.32. The molecular formula is C15H19FN4O. The van der Waals surface area contributed by atoms with Crippen LogP contribution in [0.3, 0.4) is 0 Å². The second-order valence-corrected chi connectivity index (χ2v) is 5.45. The van der Waals surface area contributed by atoms with Crippen LogP contribution in [0.25, 0.3) is 0 Å². The number of benzene rings is 1. The second-order valence-electron chi connectivity index (χ2n) is 5.45. The van der Waals surface area contributed by atoms with E-state index >= 15 is 0 Å². The highest BCUT2D eigenvalue weighted by molar-refractivity contribution is 5.20. The number of piperidine rings is 1. The van der Waals surface area contributed by atoms with E-state index in [1.807, 2.05) is 10.9 Å². The van der Waals surface area contributed by atoms with Gasteiger partial charge in [-0.1, -0.05) is 23.4 Å². The van der Waals surface area contributed by atoms with Crippen LogP contribution in [0.4, 0.5) is 4.39 Å². The molecule has 1 saturated heterocycles. The Kier molecular flexibility index (Phi) is 4.26. The van der Waals surface area contributed by atoms with Crippen LogP contribution in [0.1, 0.15) is 30.6 Å². The molecule has 6 heteroatoms. The van der Waals surface area contributed by atoms with Crippen molar-refractivity contribution in [2.45, 2.75) is 25.0 Å². The molecule has 1 aliphatic rings. The Hall–Kier alpha value is -1.79. The minimum Gasteiger partial charge on any atom is -0.387 e. The normalized spacial score (nSPS) is 18.8. The fourth-order valence-electron chi connectivity index (χ4n) is 2.87. The van der Waals surface area contributed by atoms with Gasteiger partial charge in [-0.2, -0.15) is 0 Å². The number of halogens is 1. The van der Waals surface area contributed by atoms with E-state index in [1.54, 1.807) is 24.4 Å². The van der Waals surface area contributed by atoms with Gasteiger partial charge in [0.15, 0.2) is 0 Å². The van der Waals surface area contributed by atoms with Crippen LogP contribution in [-0.2, 0) is 0 Å². The minimum atomic E-state index is -0.783. The molecule has 2 heterocycles. The average Bonchev–Trinajstić information content (AvgIpc) is 3.02. The molecule has 5 nitrogen and oxygen atoms in total. The van der Waals surface area contributed by atoms with Gasteiger partial charge in [-0.3, -0.25) is 0 Å². The van der Waals surface area contributed by atoms with Crippen LogP contribution in [0.5, 0.6) is 0 Å². The predicted octanol–water partition coefficient (Wildman–Crippen LogP) is 1.79. The molecule has 1 atom stereocenters. The first-order valence-corrected chi connectivity index (χ1v) is 7.24. The van der Waals surface area contributed by atoms with Gasteiger partial charge in [0.2, 0.25) is 0 Å². The zero-order valence-corrected chi connectivity index (χ0v) is 11.8. The molecule has 0 saturated carbocycles. The minimum absolute atomic E-state index is 0.345. The quantitative estimate of drug-likeness (QED) is 0.932. The van der Waals surface area contributed by atoms with Crippen LogP contribution in [0, 0.1) is 5.82 Å². The summed E-state index contributed by atoms with van der Waals surface area (Å²) in [6, 6.07) is 6.78. The van der Waals surface area contributed by atoms with Crippen molar-refractivity contribution >= 4 is 0 Å². The number of aromatic nitrogens is 3. The molecule has 112 valence electrons. The third kappa shape index (κ3) is 3.28. The van der Waals surface area contributed by atoms with E-state index in [0.717, 1.165) is 25.9 Å². The van der Waals surface area contributed by atoms with E-state index < -0.39 is 6.10 Å². The van der Waals surface area contributed by atoms with Crippen molar-refractivity contribution in [2.75, 3.05) is 19.6 Å². The molecule has 21 heavy (non-hydrogen) atoms. The van der Waals surface area contributed by atoms with Crippen molar-refractivity contribution in [1.29, 1.82) is 0 Å². The van der Waals surface area contributed by atoms with Gasteiger partial charge in [-0.15, -0.1) is 5.10 Å². The number of nitrogens with zero attached hydrogens (tertiary/aromatic N) is 4. The molecule has 1 fully saturated rings. The van der Waals surface area contributed by atoms with E-state index in [2.05, 4.69) is 15.2 Å². The van der Waals surface area contributed by atoms with Gasteiger partial charge in [0.1, 0.15) is 5.82 Å². The Morgan fingerprint density at radius 3 is 2.71 bits per heavy atom. The van der Waals surface area contributed by atoms with E-state index in [4.69, 9.17) is 0 Å². The van der Waals surface area contributed by atoms with Crippen molar-refractivity contribution in [2.24, 2.45) is 0 Å². The zero-order chi connectivity index (χ0) is 14.7. The molecule has 0 radical (unpaired) electrons. The molecule has 0 spiro atoms. The summed E-state index contributed by atoms with van der Waals surface area (Å²) >= 11 is 0. The molecular weight excluding hydrogens is 271 g/mol. The van der Waals surface area contributed by atoms with Gasteiger partial charge >= 0.3 is 0 Å². The summed E-state index contributed by atoms with van der Waals surface area (Å²) in [6.45, 7) is 2.21. The highest BCUT2D eigenvalue weighted by Gasteiger charge is 2.23. The molecule has 1 aromatic carbocycles. The molecule has 0 unspecified atom stereocenters. The maximum Gasteiger partial charge on any atom is 0.129 e. The Bertz CT molecular complexity index is 567. The summed E-state index contributed by atoms with van der Waals surface area (Å²) in [4.78, 5) is 2.17. The van der Waals surface area contributed by atoms with Crippen LogP contribution in [0.2, 0.25) is 0 Å². The largest absolute Gasteiger partial charge is 0.387 e. The van der Waals surface area contributed by atoms with E-state index in [9.17, 15) is 9.50 Å². The van der Waals surface area contributed by atoms with E-state index in [1.165, 1.54) is 6.07 Å². The molecule has 1 N–H and O–H groups in total. The van der Waals surface area contributed by atoms with E-state index in [-0.39, 0.29) is 5.82 Å². The third-order valence-electron chi connectivity index (χ3n) is 4.07. The SMILES string of the molecule is O[C@H](CN1CCC(n2ccnn2)CC1)c1ccccc1F. The highest BCUT2D eigenvalue weighted by Crippen LogP contribution is 2.24. The van der Waals surface area contributed by atoms with E-state index in [0.29, 0.717) is 18.2 Å². The number of β-amino-alcohol motifs (C(OH)–C–C–N with tert-alkyl or cyclic N) is 1. The fourth-order valence-corrected chi connectivity index (χ4v) is 2.87. The van der Waals surface area contributed by atoms with Crippen molar-refractivity contribution in [3.8, 4) is 0 Å². The van der Waals surface area contributed by atoms with Gasteiger partial charge in [-0.25, -0.2) is 9.07 Å². The number of rotatable bonds is 4. The Morgan fingerprint density at radius 1 is 1.29 bits per heavy atom. The summed E-state index contributed by atoms with van der Waals surface area (Å²) in [5, 5.41) is 18.1. The molecule has 1 aromatic heterocycles. The van der Waals surface area contributed by atoms with Gasteiger partial charge < -0.3 is 10.0 Å². The highest BCUT2D eigenvalue weighted by atomic mass is 19.1. The van der Waals surface area contributed by atoms with Crippen LogP contribution >= 0.6 is 0 Å². The maximum absolute atomic E-state index is 13.6. The summed E-state index contributed by atoms with van der Waals surface area (Å²) in [7, 11) is 0. The van der Waals surface area contributed by atoms with Crippen molar-refractivity contribution in [3.63, 3.8) is 0 Å². The average molecular weight is 290 g/mol. The number of aliphatic hydroxyl groups excluding tert-OH is 1. The first-order valence-electron chi connectivity index (χ1n) is 7.24. The van der Waals surface area contributed by atoms with Crippen LogP contribution in [0.15, 0.2) is 36.7 Å². The number of aliphatic hydroxyl groups is 1. The van der Waals surface area contributed by atoms with Crippen molar-refractivity contribution < 1.29 is 9.50 Å². The van der Waals surface area contributed by atoms with Crippen LogP contribution in [-0.4, -0.2) is 44.6 Å². The zero-order valence-electron chi connectivity index (χ0n) is 11.8. The lowest BCUT2D eigenvalue weighted by Gasteiger charge is -2.33. The Labute approximate surface area is 123 Å². The molecule has 0 aliphatic carbocycles. The lowest BCUT2D eigenvalue weighted by atomic mass is 10.0. The number of likely N-dealkylation sites (tertiary alicyclic amines) is 1. The molecule has 0 amide bonds. The Morgan fingerprint density at radius 2 is 2.05 bits per heavy atom. The third-order valence-corrected chi connectivity index (χ3v) is 4.07. The molecule has 0 bridgehead atoms. The Balaban J connectivity index is 1.55. The lowest BCUT2D eigenvalue weighted by molar-refractivity contribution is 0.0865. The smallest absolute Gasteiger partial charge is 0.129 e. The summed E-state index contributed by atoms with van der Waals surface area (Å²) in [5.74, 6) is -0.345. The van der Waals surface area contributed by atoms with Gasteiger partial charge in [0.05, 0.1) is 18.3 Å². The summed E-state index contributed by atoms with van der Waals surface area (Å²) < 4.78 is 15.5. The number of hydrogen-bond acceptors (Lipinski definition) is 4. The monoisotopic (exact) mass is 290 g/mol. The van der Waals surface area contributed by atoms with Crippen LogP contribution < -0.4 is 0 Å². The topological polar surface area (TPSA) is 54.2 Å². The lowest BCUT2D eigenvalue weighted by Crippen LogP contribution is -2.37. The summed E-state index contributed by atoms with van der Waals surface area (Å²) in [5.41, 5.74) is 0.371. The van der Waals surface area contributed by atoms with Crippen molar-refractivity contribution in [3.05, 3.63) is 48.0 Å². The fraction of sp³-hybridized carbons (Fsp3) is 0.467. The summed E-state index contributed by atoms with van der Waals surface area (Å²) in [6.07, 6.45) is 4.72. The number of hydrogen-bond donors (Lipinski definition) is 1. The first-order chi connectivity index (χ1) is 10.2. The predicted molar refractivity (Wildman–Crippen MR) is 76.1 cm³/mol.